The van der Waals surface area contributed by atoms with Gasteiger partial charge in [-0.25, -0.2) is 0 Å². The molecular weight excluding hydrogens is 388 g/mol. The molecule has 2 aromatic carbocycles. The molecule has 0 aliphatic carbocycles. The van der Waals surface area contributed by atoms with E-state index in [9.17, 15) is 0 Å². The third-order valence-corrected chi connectivity index (χ3v) is 6.10. The van der Waals surface area contributed by atoms with E-state index in [2.05, 4.69) is 22.3 Å². The number of benzene rings is 2. The molecule has 2 aliphatic rings. The SMILES string of the molecule is Clc1ccc(-c2[nH]ncc2C[NH+]2CC[NH+](Cc3ccc4c(c3)OCO4)CC2)cc1. The number of aromatic amines is 1. The topological polar surface area (TPSA) is 56.0 Å². The highest BCUT2D eigenvalue weighted by atomic mass is 35.5. The fourth-order valence-electron chi connectivity index (χ4n) is 4.23. The molecule has 0 saturated carbocycles. The summed E-state index contributed by atoms with van der Waals surface area (Å²) in [6, 6.07) is 14.2. The van der Waals surface area contributed by atoms with E-state index in [4.69, 9.17) is 21.1 Å². The zero-order valence-electron chi connectivity index (χ0n) is 16.2. The molecule has 2 aliphatic heterocycles. The number of nitrogens with one attached hydrogen (secondary N) is 3. The summed E-state index contributed by atoms with van der Waals surface area (Å²) >= 11 is 6.02. The maximum absolute atomic E-state index is 6.02. The molecule has 3 N–H and O–H groups in total. The lowest BCUT2D eigenvalue weighted by atomic mass is 10.1. The number of quaternary nitrogens is 2. The van der Waals surface area contributed by atoms with E-state index < -0.39 is 0 Å². The first-order valence-electron chi connectivity index (χ1n) is 10.1. The van der Waals surface area contributed by atoms with Crippen LogP contribution in [0.2, 0.25) is 5.02 Å². The molecule has 1 fully saturated rings. The van der Waals surface area contributed by atoms with Crippen molar-refractivity contribution in [2.24, 2.45) is 0 Å². The quantitative estimate of drug-likeness (QED) is 0.584. The average molecular weight is 413 g/mol. The van der Waals surface area contributed by atoms with Crippen LogP contribution in [0.1, 0.15) is 11.1 Å². The maximum atomic E-state index is 6.02. The number of hydrogen-bond donors (Lipinski definition) is 3. The molecule has 1 saturated heterocycles. The summed E-state index contributed by atoms with van der Waals surface area (Å²) in [4.78, 5) is 3.23. The van der Waals surface area contributed by atoms with Crippen LogP contribution in [0, 0.1) is 0 Å². The molecule has 3 heterocycles. The van der Waals surface area contributed by atoms with E-state index in [-0.39, 0.29) is 0 Å². The lowest BCUT2D eigenvalue weighted by Gasteiger charge is -2.29. The maximum Gasteiger partial charge on any atom is 0.231 e. The number of H-pyrrole nitrogens is 1. The largest absolute Gasteiger partial charge is 0.454 e. The summed E-state index contributed by atoms with van der Waals surface area (Å²) in [6.07, 6.45) is 1.96. The lowest BCUT2D eigenvalue weighted by molar-refractivity contribution is -1.02. The van der Waals surface area contributed by atoms with Crippen LogP contribution < -0.4 is 19.3 Å². The van der Waals surface area contributed by atoms with E-state index in [1.165, 1.54) is 11.1 Å². The van der Waals surface area contributed by atoms with Gasteiger partial charge in [-0.3, -0.25) is 5.10 Å². The molecule has 6 nitrogen and oxygen atoms in total. The second-order valence-corrected chi connectivity index (χ2v) is 8.25. The van der Waals surface area contributed by atoms with E-state index in [1.807, 2.05) is 36.5 Å². The molecule has 3 aromatic rings. The highest BCUT2D eigenvalue weighted by molar-refractivity contribution is 6.30. The zero-order chi connectivity index (χ0) is 19.6. The predicted octanol–water partition coefficient (Wildman–Crippen LogP) is 0.942. The van der Waals surface area contributed by atoms with Gasteiger partial charge in [0, 0.05) is 16.1 Å². The third kappa shape index (κ3) is 4.10. The Hall–Kier alpha value is -2.54. The van der Waals surface area contributed by atoms with Crippen molar-refractivity contribution in [2.75, 3.05) is 33.0 Å². The van der Waals surface area contributed by atoms with E-state index in [0.29, 0.717) is 6.79 Å². The highest BCUT2D eigenvalue weighted by Gasteiger charge is 2.25. The Morgan fingerprint density at radius 1 is 0.897 bits per heavy atom. The summed E-state index contributed by atoms with van der Waals surface area (Å²) in [5, 5.41) is 8.20. The molecule has 1 aromatic heterocycles. The number of hydrogen-bond acceptors (Lipinski definition) is 3. The number of aromatic nitrogens is 2. The van der Waals surface area contributed by atoms with Crippen molar-refractivity contribution in [1.29, 1.82) is 0 Å². The predicted molar refractivity (Wildman–Crippen MR) is 110 cm³/mol. The van der Waals surface area contributed by atoms with Gasteiger partial charge >= 0.3 is 0 Å². The standard InChI is InChI=1S/C22H23ClN4O2/c23-19-4-2-17(3-5-19)22-18(12-24-25-22)14-27-9-7-26(8-10-27)13-16-1-6-20-21(11-16)29-15-28-20/h1-6,11-12H,7-10,13-15H2,(H,24,25)/p+2. The van der Waals surface area contributed by atoms with Crippen molar-refractivity contribution < 1.29 is 19.3 Å². The molecule has 0 atom stereocenters. The van der Waals surface area contributed by atoms with Crippen LogP contribution in [-0.2, 0) is 13.1 Å². The molecule has 7 heteroatoms. The Balaban J connectivity index is 1.18. The lowest BCUT2D eigenvalue weighted by Crippen LogP contribution is -3.27. The van der Waals surface area contributed by atoms with Crippen LogP contribution in [-0.4, -0.2) is 43.2 Å². The van der Waals surface area contributed by atoms with Gasteiger partial charge in [-0.05, 0) is 30.3 Å². The molecule has 0 bridgehead atoms. The van der Waals surface area contributed by atoms with E-state index in [0.717, 1.165) is 67.0 Å². The second kappa shape index (κ2) is 8.06. The van der Waals surface area contributed by atoms with Crippen LogP contribution in [0.3, 0.4) is 0 Å². The monoisotopic (exact) mass is 412 g/mol. The van der Waals surface area contributed by atoms with Crippen LogP contribution in [0.25, 0.3) is 11.3 Å². The highest BCUT2D eigenvalue weighted by Crippen LogP contribution is 2.32. The zero-order valence-corrected chi connectivity index (χ0v) is 17.0. The summed E-state index contributed by atoms with van der Waals surface area (Å²) < 4.78 is 10.9. The van der Waals surface area contributed by atoms with Gasteiger partial charge in [-0.1, -0.05) is 23.7 Å². The van der Waals surface area contributed by atoms with Crippen molar-refractivity contribution in [1.82, 2.24) is 10.2 Å². The Labute approximate surface area is 175 Å². The van der Waals surface area contributed by atoms with Crippen molar-refractivity contribution >= 4 is 11.6 Å². The minimum Gasteiger partial charge on any atom is -0.454 e. The number of rotatable bonds is 5. The minimum atomic E-state index is 0.333. The van der Waals surface area contributed by atoms with E-state index in [1.54, 1.807) is 9.80 Å². The smallest absolute Gasteiger partial charge is 0.231 e. The number of ether oxygens (including phenoxy) is 2. The average Bonchev–Trinajstić information content (AvgIpc) is 3.39. The Bertz CT molecular complexity index is 981. The molecule has 0 amide bonds. The van der Waals surface area contributed by atoms with Gasteiger partial charge in [0.25, 0.3) is 0 Å². The van der Waals surface area contributed by atoms with Gasteiger partial charge in [0.05, 0.1) is 17.5 Å². The number of fused-ring (bicyclic) bond motifs is 1. The van der Waals surface area contributed by atoms with Gasteiger partial charge in [-0.2, -0.15) is 5.10 Å². The first-order valence-corrected chi connectivity index (χ1v) is 10.5. The number of halogens is 1. The van der Waals surface area contributed by atoms with Gasteiger partial charge in [0.1, 0.15) is 39.3 Å². The fraction of sp³-hybridized carbons (Fsp3) is 0.318. The number of nitrogens with zero attached hydrogens (tertiary/aromatic N) is 1. The Kier molecular flexibility index (Phi) is 5.14. The van der Waals surface area contributed by atoms with Crippen molar-refractivity contribution in [3.63, 3.8) is 0 Å². The molecule has 29 heavy (non-hydrogen) atoms. The normalized spacial score (nSPS) is 20.7. The molecule has 0 radical (unpaired) electrons. The van der Waals surface area contributed by atoms with Gasteiger partial charge in [-0.15, -0.1) is 0 Å². The Morgan fingerprint density at radius 3 is 2.41 bits per heavy atom. The van der Waals surface area contributed by atoms with Gasteiger partial charge < -0.3 is 19.3 Å². The van der Waals surface area contributed by atoms with Gasteiger partial charge in [0.15, 0.2) is 11.5 Å². The van der Waals surface area contributed by atoms with Crippen LogP contribution in [0.5, 0.6) is 11.5 Å². The fourth-order valence-corrected chi connectivity index (χ4v) is 4.36. The number of piperazine rings is 1. The minimum absolute atomic E-state index is 0.333. The third-order valence-electron chi connectivity index (χ3n) is 5.85. The summed E-state index contributed by atoms with van der Waals surface area (Å²) in [5.41, 5.74) is 4.81. The first kappa shape index (κ1) is 18.5. The van der Waals surface area contributed by atoms with Crippen LogP contribution >= 0.6 is 11.6 Å². The van der Waals surface area contributed by atoms with Gasteiger partial charge in [0.2, 0.25) is 6.79 Å². The first-order chi connectivity index (χ1) is 14.2. The van der Waals surface area contributed by atoms with E-state index >= 15 is 0 Å². The summed E-state index contributed by atoms with van der Waals surface area (Å²) in [5.74, 6) is 1.73. The van der Waals surface area contributed by atoms with Crippen molar-refractivity contribution in [3.8, 4) is 22.8 Å². The second-order valence-electron chi connectivity index (χ2n) is 7.82. The summed E-state index contributed by atoms with van der Waals surface area (Å²) in [6.45, 7) is 7.00. The molecule has 0 unspecified atom stereocenters. The summed E-state index contributed by atoms with van der Waals surface area (Å²) in [7, 11) is 0. The van der Waals surface area contributed by atoms with Crippen LogP contribution in [0.4, 0.5) is 0 Å². The molecule has 150 valence electrons. The van der Waals surface area contributed by atoms with Crippen LogP contribution in [0.15, 0.2) is 48.7 Å². The molecular formula is C22H25ClN4O2+2. The van der Waals surface area contributed by atoms with Crippen molar-refractivity contribution in [2.45, 2.75) is 13.1 Å². The Morgan fingerprint density at radius 2 is 1.62 bits per heavy atom. The molecule has 5 rings (SSSR count). The molecule has 0 spiro atoms. The van der Waals surface area contributed by atoms with Crippen molar-refractivity contribution in [3.05, 3.63) is 64.8 Å².